The molecule has 1 N–H and O–H groups in total. The summed E-state index contributed by atoms with van der Waals surface area (Å²) in [6, 6.07) is 12.0. The summed E-state index contributed by atoms with van der Waals surface area (Å²) in [6.07, 6.45) is 0.846. The Morgan fingerprint density at radius 2 is 1.92 bits per heavy atom. The van der Waals surface area contributed by atoms with Crippen LogP contribution in [0.4, 0.5) is 5.69 Å². The first-order valence-electron chi connectivity index (χ1n) is 8.36. The van der Waals surface area contributed by atoms with Crippen LogP contribution in [0.25, 0.3) is 0 Å². The number of nitrogens with one attached hydrogen (secondary N) is 1. The lowest BCUT2D eigenvalue weighted by Crippen LogP contribution is -2.44. The van der Waals surface area contributed by atoms with Gasteiger partial charge in [0, 0.05) is 23.7 Å². The maximum Gasteiger partial charge on any atom is 0.243 e. The molecule has 4 rings (SSSR count). The van der Waals surface area contributed by atoms with E-state index >= 15 is 0 Å². The fourth-order valence-electron chi connectivity index (χ4n) is 3.22. The fourth-order valence-corrected chi connectivity index (χ4v) is 3.34. The molecular weight excluding hydrogens is 356 g/mol. The van der Waals surface area contributed by atoms with Crippen molar-refractivity contribution in [1.82, 2.24) is 5.32 Å². The van der Waals surface area contributed by atoms with Gasteiger partial charge < -0.3 is 14.8 Å². The summed E-state index contributed by atoms with van der Waals surface area (Å²) in [7, 11) is 0. The number of anilines is 1. The molecule has 1 unspecified atom stereocenters. The maximum atomic E-state index is 12.7. The first-order chi connectivity index (χ1) is 12.6. The van der Waals surface area contributed by atoms with Gasteiger partial charge in [-0.25, -0.2) is 0 Å². The smallest absolute Gasteiger partial charge is 0.243 e. The van der Waals surface area contributed by atoms with Crippen LogP contribution in [-0.2, 0) is 16.1 Å². The highest BCUT2D eigenvalue weighted by Crippen LogP contribution is 2.32. The highest BCUT2D eigenvalue weighted by atomic mass is 35.5. The Morgan fingerprint density at radius 1 is 1.15 bits per heavy atom. The number of benzene rings is 2. The summed E-state index contributed by atoms with van der Waals surface area (Å²) < 4.78 is 10.6. The molecule has 2 amide bonds. The van der Waals surface area contributed by atoms with E-state index in [2.05, 4.69) is 5.32 Å². The Balaban J connectivity index is 1.45. The predicted molar refractivity (Wildman–Crippen MR) is 96.4 cm³/mol. The van der Waals surface area contributed by atoms with Crippen molar-refractivity contribution in [3.63, 3.8) is 0 Å². The van der Waals surface area contributed by atoms with Crippen molar-refractivity contribution >= 4 is 29.1 Å². The van der Waals surface area contributed by atoms with Gasteiger partial charge >= 0.3 is 0 Å². The number of rotatable bonds is 4. The molecule has 26 heavy (non-hydrogen) atoms. The third-order valence-electron chi connectivity index (χ3n) is 4.52. The third kappa shape index (κ3) is 3.20. The molecule has 0 spiro atoms. The molecule has 2 aromatic carbocycles. The average molecular weight is 373 g/mol. The minimum atomic E-state index is -0.516. The second kappa shape index (κ2) is 6.88. The third-order valence-corrected chi connectivity index (χ3v) is 4.78. The highest BCUT2D eigenvalue weighted by molar-refractivity contribution is 6.30. The lowest BCUT2D eigenvalue weighted by Gasteiger charge is -2.24. The summed E-state index contributed by atoms with van der Waals surface area (Å²) in [4.78, 5) is 26.5. The molecule has 2 heterocycles. The lowest BCUT2D eigenvalue weighted by molar-refractivity contribution is -0.124. The van der Waals surface area contributed by atoms with Crippen molar-refractivity contribution in [2.24, 2.45) is 0 Å². The van der Waals surface area contributed by atoms with Gasteiger partial charge in [0.2, 0.25) is 18.6 Å². The minimum absolute atomic E-state index is 0.0597. The van der Waals surface area contributed by atoms with Gasteiger partial charge in [-0.1, -0.05) is 17.7 Å². The molecular formula is C19H17ClN2O4. The first-order valence-corrected chi connectivity index (χ1v) is 8.73. The van der Waals surface area contributed by atoms with Crippen LogP contribution in [0.15, 0.2) is 42.5 Å². The highest BCUT2D eigenvalue weighted by Gasteiger charge is 2.36. The number of hydrogen-bond acceptors (Lipinski definition) is 4. The van der Waals surface area contributed by atoms with Crippen LogP contribution in [0, 0.1) is 0 Å². The molecule has 2 aliphatic rings. The monoisotopic (exact) mass is 372 g/mol. The lowest BCUT2D eigenvalue weighted by atomic mass is 10.1. The van der Waals surface area contributed by atoms with Crippen molar-refractivity contribution in [2.75, 3.05) is 11.7 Å². The maximum absolute atomic E-state index is 12.7. The summed E-state index contributed by atoms with van der Waals surface area (Å²) >= 11 is 5.91. The molecule has 1 fully saturated rings. The zero-order chi connectivity index (χ0) is 18.1. The van der Waals surface area contributed by atoms with Crippen molar-refractivity contribution in [3.05, 3.63) is 53.1 Å². The Labute approximate surface area is 155 Å². The van der Waals surface area contributed by atoms with Gasteiger partial charge in [0.15, 0.2) is 11.5 Å². The van der Waals surface area contributed by atoms with Gasteiger partial charge in [0.1, 0.15) is 6.04 Å². The number of amides is 2. The zero-order valence-electron chi connectivity index (χ0n) is 13.9. The summed E-state index contributed by atoms with van der Waals surface area (Å²) in [5.41, 5.74) is 1.59. The number of halogens is 1. The Morgan fingerprint density at radius 3 is 2.73 bits per heavy atom. The predicted octanol–water partition coefficient (Wildman–Crippen LogP) is 2.88. The van der Waals surface area contributed by atoms with E-state index in [1.54, 1.807) is 29.2 Å². The van der Waals surface area contributed by atoms with Crippen LogP contribution in [0.3, 0.4) is 0 Å². The van der Waals surface area contributed by atoms with Crippen LogP contribution >= 0.6 is 11.6 Å². The van der Waals surface area contributed by atoms with E-state index < -0.39 is 6.04 Å². The Kier molecular flexibility index (Phi) is 4.42. The Bertz CT molecular complexity index is 853. The van der Waals surface area contributed by atoms with E-state index in [4.69, 9.17) is 21.1 Å². The van der Waals surface area contributed by atoms with E-state index in [0.29, 0.717) is 41.6 Å². The molecule has 6 nitrogen and oxygen atoms in total. The number of carbonyl (C=O) groups excluding carboxylic acids is 2. The van der Waals surface area contributed by atoms with Crippen molar-refractivity contribution in [3.8, 4) is 11.5 Å². The van der Waals surface area contributed by atoms with E-state index in [-0.39, 0.29) is 18.6 Å². The zero-order valence-corrected chi connectivity index (χ0v) is 14.7. The molecule has 134 valence electrons. The van der Waals surface area contributed by atoms with Crippen molar-refractivity contribution in [2.45, 2.75) is 25.4 Å². The molecule has 0 aromatic heterocycles. The summed E-state index contributed by atoms with van der Waals surface area (Å²) in [5.74, 6) is 1.14. The first kappa shape index (κ1) is 16.7. The van der Waals surface area contributed by atoms with Gasteiger partial charge in [-0.15, -0.1) is 0 Å². The molecule has 1 saturated heterocycles. The second-order valence-corrected chi connectivity index (χ2v) is 6.64. The molecule has 0 radical (unpaired) electrons. The second-order valence-electron chi connectivity index (χ2n) is 6.20. The van der Waals surface area contributed by atoms with Crippen LogP contribution in [0.2, 0.25) is 5.02 Å². The molecule has 0 bridgehead atoms. The van der Waals surface area contributed by atoms with E-state index in [1.165, 1.54) is 0 Å². The SMILES string of the molecule is O=C(NCc1ccc2c(c1)OCO2)C1CCC(=O)N1c1ccc(Cl)cc1. The van der Waals surface area contributed by atoms with Crippen LogP contribution in [0.5, 0.6) is 11.5 Å². The Hall–Kier alpha value is -2.73. The van der Waals surface area contributed by atoms with Crippen molar-refractivity contribution < 1.29 is 19.1 Å². The van der Waals surface area contributed by atoms with E-state index in [1.807, 2.05) is 18.2 Å². The van der Waals surface area contributed by atoms with Gasteiger partial charge in [0.25, 0.3) is 0 Å². The van der Waals surface area contributed by atoms with Crippen LogP contribution in [0.1, 0.15) is 18.4 Å². The number of fused-ring (bicyclic) bond motifs is 1. The van der Waals surface area contributed by atoms with E-state index in [9.17, 15) is 9.59 Å². The molecule has 2 aromatic rings. The van der Waals surface area contributed by atoms with Gasteiger partial charge in [-0.3, -0.25) is 14.5 Å². The molecule has 0 aliphatic carbocycles. The van der Waals surface area contributed by atoms with Crippen LogP contribution < -0.4 is 19.7 Å². The normalized spacial score (nSPS) is 18.3. The van der Waals surface area contributed by atoms with Gasteiger partial charge in [-0.2, -0.15) is 0 Å². The molecule has 2 aliphatic heterocycles. The molecule has 7 heteroatoms. The fraction of sp³-hybridized carbons (Fsp3) is 0.263. The number of hydrogen-bond donors (Lipinski definition) is 1. The van der Waals surface area contributed by atoms with E-state index in [0.717, 1.165) is 5.56 Å². The largest absolute Gasteiger partial charge is 0.454 e. The van der Waals surface area contributed by atoms with Crippen LogP contribution in [-0.4, -0.2) is 24.6 Å². The number of carbonyl (C=O) groups is 2. The molecule has 1 atom stereocenters. The summed E-state index contributed by atoms with van der Waals surface area (Å²) in [5, 5.41) is 3.50. The standard InChI is InChI=1S/C19H17ClN2O4/c20-13-2-4-14(5-3-13)22-15(6-8-18(22)23)19(24)21-10-12-1-7-16-17(9-12)26-11-25-16/h1-5,7,9,15H,6,8,10-11H2,(H,21,24). The number of ether oxygens (including phenoxy) is 2. The summed E-state index contributed by atoms with van der Waals surface area (Å²) in [6.45, 7) is 0.569. The quantitative estimate of drug-likeness (QED) is 0.896. The van der Waals surface area contributed by atoms with Crippen molar-refractivity contribution in [1.29, 1.82) is 0 Å². The minimum Gasteiger partial charge on any atom is -0.454 e. The molecule has 0 saturated carbocycles. The average Bonchev–Trinajstić information content (AvgIpc) is 3.26. The van der Waals surface area contributed by atoms with Gasteiger partial charge in [0.05, 0.1) is 0 Å². The topological polar surface area (TPSA) is 67.9 Å². The van der Waals surface area contributed by atoms with Gasteiger partial charge in [-0.05, 0) is 48.4 Å². The number of nitrogens with zero attached hydrogens (tertiary/aromatic N) is 1.